The SMILES string of the molecule is COC(=O)c1cc(NC(=O)c2ccn(-c3cccc(F)c3)n2)cc(C(=O)OC)c1. The Labute approximate surface area is 164 Å². The van der Waals surface area contributed by atoms with Gasteiger partial charge >= 0.3 is 11.9 Å². The number of anilines is 1. The third kappa shape index (κ3) is 4.46. The highest BCUT2D eigenvalue weighted by Gasteiger charge is 2.17. The summed E-state index contributed by atoms with van der Waals surface area (Å²) in [5, 5.41) is 6.69. The lowest BCUT2D eigenvalue weighted by atomic mass is 10.1. The van der Waals surface area contributed by atoms with E-state index in [1.807, 2.05) is 0 Å². The van der Waals surface area contributed by atoms with Crippen LogP contribution in [0.2, 0.25) is 0 Å². The summed E-state index contributed by atoms with van der Waals surface area (Å²) in [7, 11) is 2.40. The number of ether oxygens (including phenoxy) is 2. The molecule has 0 aliphatic carbocycles. The summed E-state index contributed by atoms with van der Waals surface area (Å²) in [4.78, 5) is 36.2. The Morgan fingerprint density at radius 1 is 0.966 bits per heavy atom. The second-order valence-corrected chi connectivity index (χ2v) is 5.86. The monoisotopic (exact) mass is 397 g/mol. The molecule has 1 aromatic heterocycles. The highest BCUT2D eigenvalue weighted by molar-refractivity contribution is 6.05. The number of carbonyl (C=O) groups is 3. The zero-order valence-electron chi connectivity index (χ0n) is 15.5. The van der Waals surface area contributed by atoms with Gasteiger partial charge in [-0.25, -0.2) is 18.7 Å². The molecule has 8 nitrogen and oxygen atoms in total. The van der Waals surface area contributed by atoms with Crippen LogP contribution in [0.1, 0.15) is 31.2 Å². The van der Waals surface area contributed by atoms with Crippen molar-refractivity contribution in [2.24, 2.45) is 0 Å². The second kappa shape index (κ2) is 8.34. The third-order valence-corrected chi connectivity index (χ3v) is 3.93. The van der Waals surface area contributed by atoms with Crippen LogP contribution in [0.4, 0.5) is 10.1 Å². The summed E-state index contributed by atoms with van der Waals surface area (Å²) in [5.41, 5.74) is 0.813. The van der Waals surface area contributed by atoms with Gasteiger partial charge in [-0.15, -0.1) is 0 Å². The summed E-state index contributed by atoms with van der Waals surface area (Å²) in [6.07, 6.45) is 1.51. The Morgan fingerprint density at radius 3 is 2.21 bits per heavy atom. The van der Waals surface area contributed by atoms with Crippen LogP contribution < -0.4 is 5.32 Å². The molecule has 0 saturated heterocycles. The highest BCUT2D eigenvalue weighted by Crippen LogP contribution is 2.18. The minimum absolute atomic E-state index is 0.0531. The van der Waals surface area contributed by atoms with Gasteiger partial charge in [-0.2, -0.15) is 5.10 Å². The number of benzene rings is 2. The number of nitrogens with zero attached hydrogens (tertiary/aromatic N) is 2. The van der Waals surface area contributed by atoms with Crippen molar-refractivity contribution in [3.8, 4) is 5.69 Å². The lowest BCUT2D eigenvalue weighted by Crippen LogP contribution is -2.15. The molecular formula is C20H16FN3O5. The first-order chi connectivity index (χ1) is 13.9. The summed E-state index contributed by atoms with van der Waals surface area (Å²) in [6.45, 7) is 0. The summed E-state index contributed by atoms with van der Waals surface area (Å²) < 4.78 is 24.0. The van der Waals surface area contributed by atoms with Crippen molar-refractivity contribution in [3.05, 3.63) is 77.4 Å². The summed E-state index contributed by atoms with van der Waals surface area (Å²) >= 11 is 0. The van der Waals surface area contributed by atoms with Crippen molar-refractivity contribution in [2.45, 2.75) is 0 Å². The molecule has 1 heterocycles. The molecule has 29 heavy (non-hydrogen) atoms. The van der Waals surface area contributed by atoms with E-state index in [9.17, 15) is 18.8 Å². The van der Waals surface area contributed by atoms with Crippen molar-refractivity contribution >= 4 is 23.5 Å². The van der Waals surface area contributed by atoms with Gasteiger partial charge in [-0.1, -0.05) is 6.07 Å². The second-order valence-electron chi connectivity index (χ2n) is 5.86. The topological polar surface area (TPSA) is 99.5 Å². The zero-order chi connectivity index (χ0) is 21.0. The van der Waals surface area contributed by atoms with Crippen molar-refractivity contribution < 1.29 is 28.2 Å². The Hall–Kier alpha value is -4.01. The lowest BCUT2D eigenvalue weighted by Gasteiger charge is -2.09. The zero-order valence-corrected chi connectivity index (χ0v) is 15.5. The van der Waals surface area contributed by atoms with Crippen LogP contribution in [0.3, 0.4) is 0 Å². The van der Waals surface area contributed by atoms with Gasteiger partial charge < -0.3 is 14.8 Å². The largest absolute Gasteiger partial charge is 0.465 e. The van der Waals surface area contributed by atoms with Crippen LogP contribution in [-0.2, 0) is 9.47 Å². The maximum absolute atomic E-state index is 13.4. The summed E-state index contributed by atoms with van der Waals surface area (Å²) in [6, 6.07) is 11.2. The van der Waals surface area contributed by atoms with E-state index in [0.717, 1.165) is 0 Å². The van der Waals surface area contributed by atoms with E-state index in [0.29, 0.717) is 5.69 Å². The number of methoxy groups -OCH3 is 2. The van der Waals surface area contributed by atoms with E-state index < -0.39 is 23.7 Å². The van der Waals surface area contributed by atoms with Crippen molar-refractivity contribution in [1.82, 2.24) is 9.78 Å². The van der Waals surface area contributed by atoms with Crippen molar-refractivity contribution in [1.29, 1.82) is 0 Å². The lowest BCUT2D eigenvalue weighted by molar-refractivity contribution is 0.0599. The van der Waals surface area contributed by atoms with E-state index in [2.05, 4.69) is 19.9 Å². The Kier molecular flexibility index (Phi) is 5.68. The average molecular weight is 397 g/mol. The molecule has 9 heteroatoms. The standard InChI is InChI=1S/C20H16FN3O5/c1-28-19(26)12-8-13(20(27)29-2)10-15(9-12)22-18(25)17-6-7-24(23-17)16-5-3-4-14(21)11-16/h3-11H,1-2H3,(H,22,25). The van der Waals surface area contributed by atoms with E-state index in [-0.39, 0.29) is 22.5 Å². The normalized spacial score (nSPS) is 10.3. The molecule has 0 unspecified atom stereocenters. The predicted octanol–water partition coefficient (Wildman–Crippen LogP) is 2.84. The van der Waals surface area contributed by atoms with Crippen LogP contribution >= 0.6 is 0 Å². The Morgan fingerprint density at radius 2 is 1.62 bits per heavy atom. The number of carbonyl (C=O) groups excluding carboxylic acids is 3. The number of halogens is 1. The third-order valence-electron chi connectivity index (χ3n) is 3.93. The quantitative estimate of drug-likeness (QED) is 0.665. The predicted molar refractivity (Wildman–Crippen MR) is 101 cm³/mol. The molecule has 0 saturated carbocycles. The van der Waals surface area contributed by atoms with Crippen LogP contribution in [0.25, 0.3) is 5.69 Å². The minimum Gasteiger partial charge on any atom is -0.465 e. The molecule has 1 N–H and O–H groups in total. The number of hydrogen-bond acceptors (Lipinski definition) is 6. The van der Waals surface area contributed by atoms with Gasteiger partial charge in [-0.05, 0) is 42.5 Å². The van der Waals surface area contributed by atoms with Gasteiger partial charge in [0.05, 0.1) is 31.0 Å². The molecule has 0 atom stereocenters. The maximum atomic E-state index is 13.4. The minimum atomic E-state index is -0.679. The van der Waals surface area contributed by atoms with Crippen molar-refractivity contribution in [2.75, 3.05) is 19.5 Å². The molecule has 0 radical (unpaired) electrons. The fourth-order valence-electron chi connectivity index (χ4n) is 2.57. The molecular weight excluding hydrogens is 381 g/mol. The first-order valence-corrected chi connectivity index (χ1v) is 8.36. The van der Waals surface area contributed by atoms with E-state index in [1.165, 1.54) is 67.6 Å². The molecule has 0 bridgehead atoms. The fraction of sp³-hybridized carbons (Fsp3) is 0.100. The smallest absolute Gasteiger partial charge is 0.337 e. The van der Waals surface area contributed by atoms with E-state index >= 15 is 0 Å². The number of aromatic nitrogens is 2. The molecule has 0 aliphatic rings. The number of esters is 2. The molecule has 2 aromatic carbocycles. The molecule has 3 aromatic rings. The Bertz CT molecular complexity index is 1060. The number of hydrogen-bond donors (Lipinski definition) is 1. The molecule has 148 valence electrons. The average Bonchev–Trinajstić information content (AvgIpc) is 3.23. The van der Waals surface area contributed by atoms with Gasteiger partial charge in [-0.3, -0.25) is 4.79 Å². The molecule has 0 fully saturated rings. The Balaban J connectivity index is 1.87. The van der Waals surface area contributed by atoms with Gasteiger partial charge in [0, 0.05) is 11.9 Å². The van der Waals surface area contributed by atoms with Gasteiger partial charge in [0.2, 0.25) is 0 Å². The van der Waals surface area contributed by atoms with E-state index in [1.54, 1.807) is 6.07 Å². The summed E-state index contributed by atoms with van der Waals surface area (Å²) in [5.74, 6) is -2.37. The molecule has 0 aliphatic heterocycles. The maximum Gasteiger partial charge on any atom is 0.337 e. The highest BCUT2D eigenvalue weighted by atomic mass is 19.1. The molecule has 3 rings (SSSR count). The first kappa shape index (κ1) is 19.7. The fourth-order valence-corrected chi connectivity index (χ4v) is 2.57. The van der Waals surface area contributed by atoms with Gasteiger partial charge in [0.1, 0.15) is 5.82 Å². The van der Waals surface area contributed by atoms with Gasteiger partial charge in [0.25, 0.3) is 5.91 Å². The first-order valence-electron chi connectivity index (χ1n) is 8.36. The number of rotatable bonds is 5. The van der Waals surface area contributed by atoms with Crippen LogP contribution in [0.15, 0.2) is 54.7 Å². The van der Waals surface area contributed by atoms with Crippen LogP contribution in [0.5, 0.6) is 0 Å². The van der Waals surface area contributed by atoms with Crippen LogP contribution in [0, 0.1) is 5.82 Å². The van der Waals surface area contributed by atoms with Gasteiger partial charge in [0.15, 0.2) is 5.69 Å². The van der Waals surface area contributed by atoms with E-state index in [4.69, 9.17) is 0 Å². The van der Waals surface area contributed by atoms with Crippen LogP contribution in [-0.4, -0.2) is 41.8 Å². The molecule has 1 amide bonds. The number of amides is 1. The van der Waals surface area contributed by atoms with Crippen molar-refractivity contribution in [3.63, 3.8) is 0 Å². The number of nitrogens with one attached hydrogen (secondary N) is 1. The molecule has 0 spiro atoms.